The van der Waals surface area contributed by atoms with Gasteiger partial charge in [0.1, 0.15) is 6.33 Å². The summed E-state index contributed by atoms with van der Waals surface area (Å²) in [6, 6.07) is 32.7. The van der Waals surface area contributed by atoms with E-state index in [9.17, 15) is 10.1 Å². The number of anilines is 4. The highest BCUT2D eigenvalue weighted by molar-refractivity contribution is 5.77. The minimum atomic E-state index is -0.532. The number of aromatic nitrogens is 2. The van der Waals surface area contributed by atoms with E-state index in [1.165, 1.54) is 6.33 Å². The van der Waals surface area contributed by atoms with Gasteiger partial charge in [0.05, 0.1) is 27.7 Å². The molecule has 0 aliphatic rings. The number of nitrogens with one attached hydrogen (secondary N) is 2. The van der Waals surface area contributed by atoms with Crippen molar-refractivity contribution in [3.8, 4) is 0 Å². The Morgan fingerprint density at radius 2 is 0.897 bits per heavy atom. The molecule has 0 saturated carbocycles. The Balaban J connectivity index is 1.29. The minimum Gasteiger partial charge on any atom is -0.334 e. The smallest absolute Gasteiger partial charge is 0.334 e. The second kappa shape index (κ2) is 11.9. The summed E-state index contributed by atoms with van der Waals surface area (Å²) in [5.41, 5.74) is 3.64. The van der Waals surface area contributed by atoms with Crippen molar-refractivity contribution in [2.24, 2.45) is 20.5 Å². The minimum absolute atomic E-state index is 0.0458. The highest BCUT2D eigenvalue weighted by atomic mass is 16.6. The SMILES string of the molecule is O=[N+]([O-])c1c(Nc2ccc(N=Nc3ccccc3)cc2)ncnc1Nc1ccc(N=Nc2ccccc2)cc1. The van der Waals surface area contributed by atoms with Crippen molar-refractivity contribution in [2.75, 3.05) is 10.6 Å². The molecule has 190 valence electrons. The molecule has 39 heavy (non-hydrogen) atoms. The van der Waals surface area contributed by atoms with Gasteiger partial charge in [-0.25, -0.2) is 9.97 Å². The van der Waals surface area contributed by atoms with Gasteiger partial charge in [-0.2, -0.15) is 20.5 Å². The van der Waals surface area contributed by atoms with Crippen LogP contribution in [0, 0.1) is 10.1 Å². The first-order chi connectivity index (χ1) is 19.1. The lowest BCUT2D eigenvalue weighted by Gasteiger charge is -2.10. The van der Waals surface area contributed by atoms with Crippen LogP contribution in [0.5, 0.6) is 0 Å². The molecule has 0 aliphatic heterocycles. The van der Waals surface area contributed by atoms with Crippen molar-refractivity contribution in [2.45, 2.75) is 0 Å². The van der Waals surface area contributed by atoms with Crippen molar-refractivity contribution < 1.29 is 4.92 Å². The molecule has 0 atom stereocenters. The van der Waals surface area contributed by atoms with Gasteiger partial charge < -0.3 is 10.6 Å². The Morgan fingerprint density at radius 3 is 1.26 bits per heavy atom. The van der Waals surface area contributed by atoms with E-state index in [1.807, 2.05) is 60.7 Å². The molecule has 11 nitrogen and oxygen atoms in total. The van der Waals surface area contributed by atoms with Crippen molar-refractivity contribution in [1.82, 2.24) is 9.97 Å². The molecule has 0 amide bonds. The number of nitrogens with zero attached hydrogens (tertiary/aromatic N) is 7. The lowest BCUT2D eigenvalue weighted by molar-refractivity contribution is -0.383. The molecule has 0 unspecified atom stereocenters. The lowest BCUT2D eigenvalue weighted by Crippen LogP contribution is -2.05. The van der Waals surface area contributed by atoms with E-state index in [1.54, 1.807) is 48.5 Å². The third-order valence-corrected chi connectivity index (χ3v) is 5.34. The number of rotatable bonds is 9. The fraction of sp³-hybridized carbons (Fsp3) is 0. The molecule has 0 fully saturated rings. The first-order valence-electron chi connectivity index (χ1n) is 11.8. The van der Waals surface area contributed by atoms with Crippen molar-refractivity contribution in [3.05, 3.63) is 126 Å². The van der Waals surface area contributed by atoms with E-state index in [-0.39, 0.29) is 17.3 Å². The maximum atomic E-state index is 12.0. The van der Waals surface area contributed by atoms with Gasteiger partial charge in [0.15, 0.2) is 0 Å². The Hall–Kier alpha value is -5.84. The molecule has 1 aromatic heterocycles. The molecule has 2 N–H and O–H groups in total. The molecule has 11 heteroatoms. The van der Waals surface area contributed by atoms with Crippen LogP contribution in [0.4, 0.5) is 51.4 Å². The third-order valence-electron chi connectivity index (χ3n) is 5.34. The Labute approximate surface area is 223 Å². The number of hydrogen-bond donors (Lipinski definition) is 2. The van der Waals surface area contributed by atoms with Gasteiger partial charge in [0.2, 0.25) is 11.6 Å². The maximum absolute atomic E-state index is 12.0. The Kier molecular flexibility index (Phi) is 7.60. The summed E-state index contributed by atoms with van der Waals surface area (Å²) in [4.78, 5) is 19.6. The largest absolute Gasteiger partial charge is 0.353 e. The summed E-state index contributed by atoms with van der Waals surface area (Å²) in [6.45, 7) is 0. The van der Waals surface area contributed by atoms with Crippen LogP contribution in [-0.4, -0.2) is 14.9 Å². The maximum Gasteiger partial charge on any atom is 0.353 e. The van der Waals surface area contributed by atoms with Crippen LogP contribution in [0.3, 0.4) is 0 Å². The van der Waals surface area contributed by atoms with Gasteiger partial charge in [-0.3, -0.25) is 10.1 Å². The van der Waals surface area contributed by atoms with Crippen molar-refractivity contribution in [3.63, 3.8) is 0 Å². The van der Waals surface area contributed by atoms with Gasteiger partial charge in [0.25, 0.3) is 0 Å². The molecule has 0 bridgehead atoms. The molecular formula is C28H21N9O2. The molecule has 0 radical (unpaired) electrons. The molecule has 5 aromatic rings. The molecule has 0 aliphatic carbocycles. The molecular weight excluding hydrogens is 494 g/mol. The number of hydrogen-bond acceptors (Lipinski definition) is 10. The van der Waals surface area contributed by atoms with E-state index < -0.39 is 4.92 Å². The molecule has 4 aromatic carbocycles. The molecule has 5 rings (SSSR count). The predicted molar refractivity (Wildman–Crippen MR) is 149 cm³/mol. The van der Waals surface area contributed by atoms with Gasteiger partial charge >= 0.3 is 5.69 Å². The highest BCUT2D eigenvalue weighted by Gasteiger charge is 2.23. The Bertz CT molecular complexity index is 1490. The molecule has 1 heterocycles. The first kappa shape index (κ1) is 24.8. The average molecular weight is 516 g/mol. The molecule has 0 saturated heterocycles. The third kappa shape index (κ3) is 6.68. The van der Waals surface area contributed by atoms with Crippen LogP contribution in [0.2, 0.25) is 0 Å². The van der Waals surface area contributed by atoms with Crippen LogP contribution < -0.4 is 10.6 Å². The van der Waals surface area contributed by atoms with Crippen LogP contribution in [0.25, 0.3) is 0 Å². The summed E-state index contributed by atoms with van der Waals surface area (Å²) in [6.07, 6.45) is 1.25. The highest BCUT2D eigenvalue weighted by Crippen LogP contribution is 2.34. The van der Waals surface area contributed by atoms with E-state index in [0.29, 0.717) is 22.7 Å². The average Bonchev–Trinajstić information content (AvgIpc) is 2.97. The van der Waals surface area contributed by atoms with Crippen LogP contribution in [-0.2, 0) is 0 Å². The standard InChI is InChI=1S/C28H21N9O2/c38-37(39)26-27(31-20-11-15-24(16-12-20)35-33-22-7-3-1-4-8-22)29-19-30-28(26)32-21-13-17-25(18-14-21)36-34-23-9-5-2-6-10-23/h1-19H,(H2,29,30,31,32). The topological polar surface area (TPSA) is 142 Å². The van der Waals surface area contributed by atoms with E-state index in [4.69, 9.17) is 0 Å². The van der Waals surface area contributed by atoms with Crippen LogP contribution in [0.1, 0.15) is 0 Å². The second-order valence-corrected chi connectivity index (χ2v) is 8.09. The van der Waals surface area contributed by atoms with Crippen LogP contribution >= 0.6 is 0 Å². The zero-order chi connectivity index (χ0) is 26.9. The summed E-state index contributed by atoms with van der Waals surface area (Å²) < 4.78 is 0. The zero-order valence-corrected chi connectivity index (χ0v) is 20.4. The van der Waals surface area contributed by atoms with E-state index in [2.05, 4.69) is 41.1 Å². The van der Waals surface area contributed by atoms with Gasteiger partial charge in [-0.05, 0) is 72.8 Å². The fourth-order valence-electron chi connectivity index (χ4n) is 3.45. The quantitative estimate of drug-likeness (QED) is 0.114. The normalized spacial score (nSPS) is 11.1. The van der Waals surface area contributed by atoms with Crippen LogP contribution in [0.15, 0.2) is 136 Å². The van der Waals surface area contributed by atoms with Crippen molar-refractivity contribution >= 4 is 51.4 Å². The Morgan fingerprint density at radius 1 is 0.538 bits per heavy atom. The fourth-order valence-corrected chi connectivity index (χ4v) is 3.45. The lowest BCUT2D eigenvalue weighted by atomic mass is 10.2. The summed E-state index contributed by atoms with van der Waals surface area (Å²) >= 11 is 0. The number of azo groups is 2. The number of nitro groups is 1. The number of benzene rings is 4. The monoisotopic (exact) mass is 515 g/mol. The second-order valence-electron chi connectivity index (χ2n) is 8.09. The van der Waals surface area contributed by atoms with E-state index in [0.717, 1.165) is 11.4 Å². The van der Waals surface area contributed by atoms with Crippen molar-refractivity contribution in [1.29, 1.82) is 0 Å². The summed E-state index contributed by atoms with van der Waals surface area (Å²) in [7, 11) is 0. The molecule has 0 spiro atoms. The van der Waals surface area contributed by atoms with Gasteiger partial charge in [-0.1, -0.05) is 36.4 Å². The summed E-state index contributed by atoms with van der Waals surface area (Å²) in [5.74, 6) is 0.0916. The summed E-state index contributed by atoms with van der Waals surface area (Å²) in [5, 5.41) is 34.7. The van der Waals surface area contributed by atoms with Gasteiger partial charge in [-0.15, -0.1) is 0 Å². The van der Waals surface area contributed by atoms with E-state index >= 15 is 0 Å². The zero-order valence-electron chi connectivity index (χ0n) is 20.4. The predicted octanol–water partition coefficient (Wildman–Crippen LogP) is 8.70. The first-order valence-corrected chi connectivity index (χ1v) is 11.8. The van der Waals surface area contributed by atoms with Gasteiger partial charge in [0, 0.05) is 11.4 Å².